The first kappa shape index (κ1) is 18.5. The fourth-order valence-corrected chi connectivity index (χ4v) is 2.83. The van der Waals surface area contributed by atoms with Crippen molar-refractivity contribution >= 4 is 28.3 Å². The van der Waals surface area contributed by atoms with E-state index in [9.17, 15) is 9.59 Å². The molecule has 0 fully saturated rings. The first-order chi connectivity index (χ1) is 13.0. The van der Waals surface area contributed by atoms with Gasteiger partial charge in [-0.2, -0.15) is 0 Å². The number of benzene rings is 3. The summed E-state index contributed by atoms with van der Waals surface area (Å²) in [6, 6.07) is 18.4. The Kier molecular flexibility index (Phi) is 5.41. The minimum atomic E-state index is -0.957. The summed E-state index contributed by atoms with van der Waals surface area (Å²) in [6.07, 6.45) is -0.957. The fraction of sp³-hybridized carbons (Fsp3) is 0.182. The quantitative estimate of drug-likeness (QED) is 0.685. The lowest BCUT2D eigenvalue weighted by Crippen LogP contribution is -2.30. The molecule has 0 saturated carbocycles. The summed E-state index contributed by atoms with van der Waals surface area (Å²) in [5, 5.41) is 4.48. The van der Waals surface area contributed by atoms with Crippen LogP contribution in [0.5, 0.6) is 5.75 Å². The van der Waals surface area contributed by atoms with Crippen LogP contribution in [0.1, 0.15) is 22.8 Å². The summed E-state index contributed by atoms with van der Waals surface area (Å²) < 4.78 is 10.6. The van der Waals surface area contributed by atoms with E-state index in [1.807, 2.05) is 43.3 Å². The molecule has 0 bridgehead atoms. The molecule has 3 aromatic rings. The lowest BCUT2D eigenvalue weighted by Gasteiger charge is -2.16. The number of nitrogens with one attached hydrogen (secondary N) is 1. The van der Waals surface area contributed by atoms with Crippen molar-refractivity contribution in [3.63, 3.8) is 0 Å². The van der Waals surface area contributed by atoms with Gasteiger partial charge in [0.2, 0.25) is 0 Å². The van der Waals surface area contributed by atoms with Crippen molar-refractivity contribution in [1.82, 2.24) is 0 Å². The van der Waals surface area contributed by atoms with E-state index in [2.05, 4.69) is 5.32 Å². The van der Waals surface area contributed by atoms with Crippen LogP contribution in [-0.4, -0.2) is 25.1 Å². The molecule has 0 heterocycles. The highest BCUT2D eigenvalue weighted by atomic mass is 16.5. The average Bonchev–Trinajstić information content (AvgIpc) is 2.67. The van der Waals surface area contributed by atoms with E-state index in [0.717, 1.165) is 16.3 Å². The van der Waals surface area contributed by atoms with Crippen LogP contribution in [0.4, 0.5) is 5.69 Å². The Balaban J connectivity index is 1.74. The standard InChI is InChI=1S/C22H21NO4/c1-14-11-12-20(26-3)19(13-14)23-21(24)15(2)27-22(25)18-10-6-8-16-7-4-5-9-17(16)18/h4-13,15H,1-3H3,(H,23,24). The van der Waals surface area contributed by atoms with E-state index in [-0.39, 0.29) is 0 Å². The summed E-state index contributed by atoms with van der Waals surface area (Å²) in [6.45, 7) is 3.46. The van der Waals surface area contributed by atoms with Crippen molar-refractivity contribution in [2.75, 3.05) is 12.4 Å². The zero-order chi connectivity index (χ0) is 19.4. The number of methoxy groups -OCH3 is 1. The number of aryl methyl sites for hydroxylation is 1. The third-order valence-corrected chi connectivity index (χ3v) is 4.28. The lowest BCUT2D eigenvalue weighted by molar-refractivity contribution is -0.123. The van der Waals surface area contributed by atoms with Crippen LogP contribution in [0.25, 0.3) is 10.8 Å². The molecule has 0 aliphatic carbocycles. The van der Waals surface area contributed by atoms with Crippen LogP contribution in [-0.2, 0) is 9.53 Å². The fourth-order valence-electron chi connectivity index (χ4n) is 2.83. The molecule has 0 aliphatic rings. The Hall–Kier alpha value is -3.34. The topological polar surface area (TPSA) is 64.6 Å². The highest BCUT2D eigenvalue weighted by molar-refractivity contribution is 6.05. The molecule has 0 radical (unpaired) electrons. The molecule has 27 heavy (non-hydrogen) atoms. The molecular weight excluding hydrogens is 342 g/mol. The number of esters is 1. The molecule has 1 amide bonds. The van der Waals surface area contributed by atoms with E-state index in [0.29, 0.717) is 17.0 Å². The first-order valence-corrected chi connectivity index (χ1v) is 8.64. The van der Waals surface area contributed by atoms with Gasteiger partial charge in [-0.1, -0.05) is 42.5 Å². The molecule has 0 aliphatic heterocycles. The van der Waals surface area contributed by atoms with E-state index in [4.69, 9.17) is 9.47 Å². The molecule has 0 saturated heterocycles. The minimum Gasteiger partial charge on any atom is -0.495 e. The summed E-state index contributed by atoms with van der Waals surface area (Å²) in [4.78, 5) is 25.1. The van der Waals surface area contributed by atoms with Crippen LogP contribution in [0.15, 0.2) is 60.7 Å². The van der Waals surface area contributed by atoms with Crippen molar-refractivity contribution < 1.29 is 19.1 Å². The van der Waals surface area contributed by atoms with Crippen LogP contribution in [0.2, 0.25) is 0 Å². The van der Waals surface area contributed by atoms with Gasteiger partial charge in [-0.3, -0.25) is 4.79 Å². The molecule has 3 rings (SSSR count). The van der Waals surface area contributed by atoms with Gasteiger partial charge in [0, 0.05) is 0 Å². The van der Waals surface area contributed by atoms with Gasteiger partial charge in [-0.05, 0) is 48.4 Å². The number of hydrogen-bond acceptors (Lipinski definition) is 4. The molecule has 5 heteroatoms. The van der Waals surface area contributed by atoms with E-state index in [1.54, 1.807) is 31.2 Å². The highest BCUT2D eigenvalue weighted by Crippen LogP contribution is 2.25. The molecule has 1 unspecified atom stereocenters. The Bertz CT molecular complexity index is 991. The van der Waals surface area contributed by atoms with Crippen molar-refractivity contribution in [3.8, 4) is 5.75 Å². The number of ether oxygens (including phenoxy) is 2. The SMILES string of the molecule is COc1ccc(C)cc1NC(=O)C(C)OC(=O)c1cccc2ccccc12. The Morgan fingerprint density at radius 2 is 1.74 bits per heavy atom. The molecule has 3 aromatic carbocycles. The van der Waals surface area contributed by atoms with Crippen molar-refractivity contribution in [2.45, 2.75) is 20.0 Å². The summed E-state index contributed by atoms with van der Waals surface area (Å²) in [5.41, 5.74) is 1.95. The molecular formula is C22H21NO4. The van der Waals surface area contributed by atoms with Gasteiger partial charge in [-0.25, -0.2) is 4.79 Å². The number of fused-ring (bicyclic) bond motifs is 1. The summed E-state index contributed by atoms with van der Waals surface area (Å²) in [5.74, 6) is -0.417. The summed E-state index contributed by atoms with van der Waals surface area (Å²) in [7, 11) is 1.53. The number of rotatable bonds is 5. The number of carbonyl (C=O) groups is 2. The predicted octanol–water partition coefficient (Wildman–Crippen LogP) is 4.34. The Labute approximate surface area is 157 Å². The number of amides is 1. The predicted molar refractivity (Wildman–Crippen MR) is 105 cm³/mol. The maximum atomic E-state index is 12.6. The monoisotopic (exact) mass is 363 g/mol. The zero-order valence-corrected chi connectivity index (χ0v) is 15.5. The molecule has 5 nitrogen and oxygen atoms in total. The van der Waals surface area contributed by atoms with Crippen molar-refractivity contribution in [3.05, 3.63) is 71.8 Å². The number of anilines is 1. The van der Waals surface area contributed by atoms with Crippen LogP contribution in [0, 0.1) is 6.92 Å². The third-order valence-electron chi connectivity index (χ3n) is 4.28. The molecule has 1 N–H and O–H groups in total. The molecule has 1 atom stereocenters. The molecule has 0 spiro atoms. The molecule has 0 aromatic heterocycles. The number of hydrogen-bond donors (Lipinski definition) is 1. The molecule has 138 valence electrons. The number of carbonyl (C=O) groups excluding carboxylic acids is 2. The third kappa shape index (κ3) is 4.08. The van der Waals surface area contributed by atoms with Crippen LogP contribution in [0.3, 0.4) is 0 Å². The lowest BCUT2D eigenvalue weighted by atomic mass is 10.0. The van der Waals surface area contributed by atoms with Gasteiger partial charge in [0.25, 0.3) is 5.91 Å². The second kappa shape index (κ2) is 7.91. The highest BCUT2D eigenvalue weighted by Gasteiger charge is 2.21. The van der Waals surface area contributed by atoms with E-state index < -0.39 is 18.0 Å². The van der Waals surface area contributed by atoms with E-state index in [1.165, 1.54) is 7.11 Å². The second-order valence-electron chi connectivity index (χ2n) is 6.27. The first-order valence-electron chi connectivity index (χ1n) is 8.64. The van der Waals surface area contributed by atoms with Crippen molar-refractivity contribution in [2.24, 2.45) is 0 Å². The Morgan fingerprint density at radius 1 is 1.00 bits per heavy atom. The van der Waals surface area contributed by atoms with Gasteiger partial charge in [0.15, 0.2) is 6.10 Å². The zero-order valence-electron chi connectivity index (χ0n) is 15.5. The van der Waals surface area contributed by atoms with Gasteiger partial charge < -0.3 is 14.8 Å². The van der Waals surface area contributed by atoms with Crippen LogP contribution >= 0.6 is 0 Å². The normalized spacial score (nSPS) is 11.7. The average molecular weight is 363 g/mol. The van der Waals surface area contributed by atoms with Gasteiger partial charge in [-0.15, -0.1) is 0 Å². The van der Waals surface area contributed by atoms with Crippen molar-refractivity contribution in [1.29, 1.82) is 0 Å². The minimum absolute atomic E-state index is 0.424. The largest absolute Gasteiger partial charge is 0.495 e. The summed E-state index contributed by atoms with van der Waals surface area (Å²) >= 11 is 0. The van der Waals surface area contributed by atoms with Gasteiger partial charge >= 0.3 is 5.97 Å². The van der Waals surface area contributed by atoms with E-state index >= 15 is 0 Å². The van der Waals surface area contributed by atoms with Gasteiger partial charge in [0.05, 0.1) is 18.4 Å². The van der Waals surface area contributed by atoms with Crippen LogP contribution < -0.4 is 10.1 Å². The second-order valence-corrected chi connectivity index (χ2v) is 6.27. The maximum Gasteiger partial charge on any atom is 0.339 e. The van der Waals surface area contributed by atoms with Gasteiger partial charge in [0.1, 0.15) is 5.75 Å². The smallest absolute Gasteiger partial charge is 0.339 e. The Morgan fingerprint density at radius 3 is 2.52 bits per heavy atom. The maximum absolute atomic E-state index is 12.6.